The second kappa shape index (κ2) is 13.8. The zero-order chi connectivity index (χ0) is 18.3. The Labute approximate surface area is 155 Å². The summed E-state index contributed by atoms with van der Waals surface area (Å²) in [6.45, 7) is 5.85. The molecule has 1 aromatic rings. The van der Waals surface area contributed by atoms with Crippen molar-refractivity contribution >= 4 is 0 Å². The van der Waals surface area contributed by atoms with Crippen molar-refractivity contribution in [2.75, 3.05) is 72.6 Å². The van der Waals surface area contributed by atoms with Crippen LogP contribution in [0.4, 0.5) is 0 Å². The molecule has 1 aromatic carbocycles. The van der Waals surface area contributed by atoms with E-state index >= 15 is 0 Å². The van der Waals surface area contributed by atoms with Crippen LogP contribution in [0.5, 0.6) is 11.5 Å². The van der Waals surface area contributed by atoms with Gasteiger partial charge in [-0.2, -0.15) is 0 Å². The molecule has 1 heterocycles. The molecule has 0 saturated carbocycles. The van der Waals surface area contributed by atoms with Gasteiger partial charge in [0.15, 0.2) is 11.5 Å². The molecule has 7 heteroatoms. The highest BCUT2D eigenvalue weighted by atomic mass is 16.6. The molecule has 7 nitrogen and oxygen atoms in total. The van der Waals surface area contributed by atoms with Gasteiger partial charge in [-0.3, -0.25) is 0 Å². The van der Waals surface area contributed by atoms with E-state index in [1.807, 2.05) is 18.2 Å². The van der Waals surface area contributed by atoms with Crippen LogP contribution in [0.2, 0.25) is 0 Å². The van der Waals surface area contributed by atoms with Crippen molar-refractivity contribution in [2.45, 2.75) is 12.8 Å². The maximum Gasteiger partial charge on any atom is 0.161 e. The highest BCUT2D eigenvalue weighted by Crippen LogP contribution is 2.29. The predicted molar refractivity (Wildman–Crippen MR) is 98.1 cm³/mol. The minimum absolute atomic E-state index is 0.455. The second-order valence-corrected chi connectivity index (χ2v) is 5.82. The number of hydrogen-bond acceptors (Lipinski definition) is 7. The number of nitrogens with two attached hydrogens (primary N) is 1. The lowest BCUT2D eigenvalue weighted by Gasteiger charge is -2.15. The quantitative estimate of drug-likeness (QED) is 0.863. The molecule has 0 atom stereocenters. The summed E-state index contributed by atoms with van der Waals surface area (Å²) in [6, 6.07) is 6.00. The van der Waals surface area contributed by atoms with Crippen molar-refractivity contribution in [3.8, 4) is 11.5 Å². The van der Waals surface area contributed by atoms with E-state index in [1.54, 1.807) is 0 Å². The van der Waals surface area contributed by atoms with E-state index in [0.29, 0.717) is 78.4 Å². The lowest BCUT2D eigenvalue weighted by Crippen LogP contribution is -2.16. The van der Waals surface area contributed by atoms with Gasteiger partial charge in [-0.05, 0) is 37.1 Å². The fraction of sp³-hybridized carbons (Fsp3) is 0.684. The van der Waals surface area contributed by atoms with Gasteiger partial charge in [-0.1, -0.05) is 6.07 Å². The maximum absolute atomic E-state index is 5.87. The molecule has 0 aromatic heterocycles. The molecule has 0 amide bonds. The van der Waals surface area contributed by atoms with Crippen LogP contribution in [0.15, 0.2) is 18.2 Å². The highest BCUT2D eigenvalue weighted by molar-refractivity contribution is 5.43. The van der Waals surface area contributed by atoms with Gasteiger partial charge in [-0.15, -0.1) is 0 Å². The second-order valence-electron chi connectivity index (χ2n) is 5.82. The Kier molecular flexibility index (Phi) is 11.1. The van der Waals surface area contributed by atoms with E-state index in [2.05, 4.69) is 0 Å². The molecule has 2 rings (SSSR count). The smallest absolute Gasteiger partial charge is 0.161 e. The highest BCUT2D eigenvalue weighted by Gasteiger charge is 2.08. The third-order valence-electron chi connectivity index (χ3n) is 3.76. The average molecular weight is 369 g/mol. The lowest BCUT2D eigenvalue weighted by molar-refractivity contribution is -0.00842. The molecular formula is C19H31NO6. The van der Waals surface area contributed by atoms with Gasteiger partial charge >= 0.3 is 0 Å². The molecule has 0 fully saturated rings. The summed E-state index contributed by atoms with van der Waals surface area (Å²) in [4.78, 5) is 0. The molecule has 2 N–H and O–H groups in total. The van der Waals surface area contributed by atoms with Gasteiger partial charge < -0.3 is 34.2 Å². The summed E-state index contributed by atoms with van der Waals surface area (Å²) >= 11 is 0. The Balaban J connectivity index is 1.90. The largest absolute Gasteiger partial charge is 0.487 e. The molecule has 1 aliphatic heterocycles. The first-order chi connectivity index (χ1) is 12.9. The van der Waals surface area contributed by atoms with E-state index in [1.165, 1.54) is 5.56 Å². The molecule has 0 radical (unpaired) electrons. The topological polar surface area (TPSA) is 81.4 Å². The van der Waals surface area contributed by atoms with Gasteiger partial charge in [0.2, 0.25) is 0 Å². The van der Waals surface area contributed by atoms with E-state index in [9.17, 15) is 0 Å². The Morgan fingerprint density at radius 2 is 1.15 bits per heavy atom. The standard InChI is InChI=1S/C19H31NO6/c20-5-1-2-17-3-4-18-19(16-17)26-15-13-24-11-9-22-7-6-21-8-10-23-12-14-25-18/h3-4,16H,1-2,5-15,20H2. The van der Waals surface area contributed by atoms with Crippen LogP contribution in [0.3, 0.4) is 0 Å². The summed E-state index contributed by atoms with van der Waals surface area (Å²) in [5, 5.41) is 0. The van der Waals surface area contributed by atoms with E-state index in [-0.39, 0.29) is 0 Å². The minimum atomic E-state index is 0.455. The van der Waals surface area contributed by atoms with Crippen molar-refractivity contribution in [3.63, 3.8) is 0 Å². The summed E-state index contributed by atoms with van der Waals surface area (Å²) in [6.07, 6.45) is 1.86. The third kappa shape index (κ3) is 8.82. The SMILES string of the molecule is NCCCc1ccc2c(c1)OCCOCCOCCOCCOCCO2. The Morgan fingerprint density at radius 1 is 0.654 bits per heavy atom. The third-order valence-corrected chi connectivity index (χ3v) is 3.76. The number of hydrogen-bond donors (Lipinski definition) is 1. The molecule has 26 heavy (non-hydrogen) atoms. The van der Waals surface area contributed by atoms with Crippen LogP contribution in [0.25, 0.3) is 0 Å². The average Bonchev–Trinajstić information content (AvgIpc) is 2.66. The normalized spacial score (nSPS) is 18.7. The first-order valence-electron chi connectivity index (χ1n) is 9.29. The summed E-state index contributed by atoms with van der Waals surface area (Å²) < 4.78 is 33.6. The molecular weight excluding hydrogens is 338 g/mol. The zero-order valence-electron chi connectivity index (χ0n) is 15.5. The number of fused-ring (bicyclic) bond motifs is 1. The van der Waals surface area contributed by atoms with Crippen molar-refractivity contribution < 1.29 is 28.4 Å². The maximum atomic E-state index is 5.87. The number of aryl methyl sites for hydroxylation is 1. The van der Waals surface area contributed by atoms with Crippen LogP contribution in [0.1, 0.15) is 12.0 Å². The van der Waals surface area contributed by atoms with Crippen molar-refractivity contribution in [1.82, 2.24) is 0 Å². The predicted octanol–water partition coefficient (Wildman–Crippen LogP) is 1.42. The summed E-state index contributed by atoms with van der Waals surface area (Å²) in [7, 11) is 0. The van der Waals surface area contributed by atoms with Crippen molar-refractivity contribution in [3.05, 3.63) is 23.8 Å². The van der Waals surface area contributed by atoms with Crippen LogP contribution in [-0.4, -0.2) is 72.6 Å². The summed E-state index contributed by atoms with van der Waals surface area (Å²) in [5.74, 6) is 1.44. The van der Waals surface area contributed by atoms with Gasteiger partial charge in [0.05, 0.1) is 52.9 Å². The van der Waals surface area contributed by atoms with Crippen molar-refractivity contribution in [1.29, 1.82) is 0 Å². The molecule has 0 aliphatic carbocycles. The Bertz CT molecular complexity index is 485. The van der Waals surface area contributed by atoms with E-state index in [0.717, 1.165) is 18.6 Å². The van der Waals surface area contributed by atoms with Crippen LogP contribution >= 0.6 is 0 Å². The number of ether oxygens (including phenoxy) is 6. The monoisotopic (exact) mass is 369 g/mol. The van der Waals surface area contributed by atoms with Gasteiger partial charge in [0.1, 0.15) is 13.2 Å². The van der Waals surface area contributed by atoms with Gasteiger partial charge in [0, 0.05) is 0 Å². The zero-order valence-corrected chi connectivity index (χ0v) is 15.5. The van der Waals surface area contributed by atoms with Crippen LogP contribution in [0, 0.1) is 0 Å². The Morgan fingerprint density at radius 3 is 1.69 bits per heavy atom. The van der Waals surface area contributed by atoms with Crippen molar-refractivity contribution in [2.24, 2.45) is 5.73 Å². The van der Waals surface area contributed by atoms with E-state index < -0.39 is 0 Å². The Hall–Kier alpha value is -1.38. The van der Waals surface area contributed by atoms with Crippen LogP contribution < -0.4 is 15.2 Å². The molecule has 0 unspecified atom stereocenters. The van der Waals surface area contributed by atoms with E-state index in [4.69, 9.17) is 34.2 Å². The van der Waals surface area contributed by atoms with Crippen LogP contribution in [-0.2, 0) is 25.4 Å². The minimum Gasteiger partial charge on any atom is -0.487 e. The first-order valence-corrected chi connectivity index (χ1v) is 9.29. The molecule has 1 aliphatic rings. The van der Waals surface area contributed by atoms with Gasteiger partial charge in [-0.25, -0.2) is 0 Å². The van der Waals surface area contributed by atoms with Gasteiger partial charge in [0.25, 0.3) is 0 Å². The summed E-state index contributed by atoms with van der Waals surface area (Å²) in [5.41, 5.74) is 6.78. The number of rotatable bonds is 3. The molecule has 148 valence electrons. The molecule has 0 saturated heterocycles. The number of benzene rings is 1. The lowest BCUT2D eigenvalue weighted by atomic mass is 10.1. The molecule has 0 spiro atoms. The fourth-order valence-electron chi connectivity index (χ4n) is 2.43. The fourth-order valence-corrected chi connectivity index (χ4v) is 2.43. The first kappa shape index (κ1) is 20.9. The molecule has 0 bridgehead atoms.